The Hall–Kier alpha value is -1.65. The maximum absolute atomic E-state index is 12.3. The third kappa shape index (κ3) is 4.80. The number of para-hydroxylation sites is 1. The molecule has 0 saturated heterocycles. The van der Waals surface area contributed by atoms with Crippen LogP contribution in [0.4, 0.5) is 11.4 Å². The fourth-order valence-corrected chi connectivity index (χ4v) is 4.69. The van der Waals surface area contributed by atoms with E-state index in [4.69, 9.17) is 0 Å². The van der Waals surface area contributed by atoms with Crippen molar-refractivity contribution >= 4 is 49.9 Å². The second-order valence-electron chi connectivity index (χ2n) is 6.31. The monoisotopic (exact) mass is 499 g/mol. The minimum atomic E-state index is -3.19. The molecule has 1 amide bonds. The summed E-state index contributed by atoms with van der Waals surface area (Å²) in [7, 11) is -3.19. The van der Waals surface area contributed by atoms with Crippen LogP contribution in [0.5, 0.6) is 0 Å². The second kappa shape index (κ2) is 8.57. The van der Waals surface area contributed by atoms with Crippen LogP contribution < -0.4 is 10.6 Å². The number of fused-ring (bicyclic) bond motifs is 1. The van der Waals surface area contributed by atoms with Crippen LogP contribution in [0.3, 0.4) is 0 Å². The molecular weight excluding hydrogens is 477 g/mol. The van der Waals surface area contributed by atoms with Crippen LogP contribution in [0.15, 0.2) is 42.5 Å². The largest absolute Gasteiger partial charge is 0.376 e. The standard InChI is InChI=1S/C19H22IN3O3S/c1-2-27(25,26)23-11-10-15-14(13-23)6-5-9-17(15)21-12-19(24)22-18-8-4-3-7-16(18)20/h3-9,21H,2,10-13H2,1H3,(H,22,24). The number of hydrogen-bond acceptors (Lipinski definition) is 4. The fourth-order valence-electron chi connectivity index (χ4n) is 3.10. The molecule has 144 valence electrons. The predicted octanol–water partition coefficient (Wildman–Crippen LogP) is 3.05. The number of nitrogens with one attached hydrogen (secondary N) is 2. The molecule has 0 fully saturated rings. The van der Waals surface area contributed by atoms with E-state index in [0.717, 1.165) is 26.1 Å². The van der Waals surface area contributed by atoms with Gasteiger partial charge in [0.2, 0.25) is 15.9 Å². The topological polar surface area (TPSA) is 78.5 Å². The number of rotatable bonds is 6. The minimum Gasteiger partial charge on any atom is -0.376 e. The number of sulfonamides is 1. The number of amides is 1. The summed E-state index contributed by atoms with van der Waals surface area (Å²) in [6.45, 7) is 2.67. The highest BCUT2D eigenvalue weighted by molar-refractivity contribution is 14.1. The molecule has 2 aromatic carbocycles. The van der Waals surface area contributed by atoms with Gasteiger partial charge < -0.3 is 10.6 Å². The van der Waals surface area contributed by atoms with E-state index in [0.29, 0.717) is 19.5 Å². The summed E-state index contributed by atoms with van der Waals surface area (Å²) >= 11 is 2.18. The first kappa shape index (κ1) is 20.1. The Morgan fingerprint density at radius 3 is 2.63 bits per heavy atom. The van der Waals surface area contributed by atoms with E-state index in [1.807, 2.05) is 42.5 Å². The number of nitrogens with zero attached hydrogens (tertiary/aromatic N) is 1. The third-order valence-corrected chi connectivity index (χ3v) is 7.35. The van der Waals surface area contributed by atoms with Crippen LogP contribution in [0, 0.1) is 3.57 Å². The van der Waals surface area contributed by atoms with Crippen molar-refractivity contribution < 1.29 is 13.2 Å². The van der Waals surface area contributed by atoms with Gasteiger partial charge in [-0.05, 0) is 65.3 Å². The van der Waals surface area contributed by atoms with Crippen LogP contribution >= 0.6 is 22.6 Å². The van der Waals surface area contributed by atoms with E-state index in [-0.39, 0.29) is 18.2 Å². The molecule has 0 atom stereocenters. The summed E-state index contributed by atoms with van der Waals surface area (Å²) in [5.41, 5.74) is 3.75. The maximum atomic E-state index is 12.3. The van der Waals surface area contributed by atoms with Gasteiger partial charge in [-0.1, -0.05) is 24.3 Å². The van der Waals surface area contributed by atoms with Crippen LogP contribution in [0.25, 0.3) is 0 Å². The number of benzene rings is 2. The fraction of sp³-hybridized carbons (Fsp3) is 0.316. The molecule has 0 radical (unpaired) electrons. The molecule has 3 rings (SSSR count). The zero-order valence-electron chi connectivity index (χ0n) is 15.0. The lowest BCUT2D eigenvalue weighted by Gasteiger charge is -2.29. The summed E-state index contributed by atoms with van der Waals surface area (Å²) in [4.78, 5) is 12.3. The zero-order valence-corrected chi connectivity index (χ0v) is 18.0. The Bertz CT molecular complexity index is 947. The average Bonchev–Trinajstić information content (AvgIpc) is 2.67. The number of anilines is 2. The van der Waals surface area contributed by atoms with E-state index in [9.17, 15) is 13.2 Å². The molecule has 0 unspecified atom stereocenters. The van der Waals surface area contributed by atoms with E-state index < -0.39 is 10.0 Å². The van der Waals surface area contributed by atoms with Crippen molar-refractivity contribution in [1.82, 2.24) is 4.31 Å². The van der Waals surface area contributed by atoms with Crippen molar-refractivity contribution in [2.45, 2.75) is 19.9 Å². The summed E-state index contributed by atoms with van der Waals surface area (Å²) in [6, 6.07) is 13.4. The highest BCUT2D eigenvalue weighted by Crippen LogP contribution is 2.27. The Morgan fingerprint density at radius 1 is 1.15 bits per heavy atom. The second-order valence-corrected chi connectivity index (χ2v) is 9.73. The normalized spacial score (nSPS) is 14.4. The van der Waals surface area contributed by atoms with Crippen molar-refractivity contribution in [3.63, 3.8) is 0 Å². The Kier molecular flexibility index (Phi) is 6.38. The van der Waals surface area contributed by atoms with E-state index in [1.54, 1.807) is 6.92 Å². The first-order chi connectivity index (χ1) is 12.9. The molecule has 0 bridgehead atoms. The van der Waals surface area contributed by atoms with Gasteiger partial charge >= 0.3 is 0 Å². The molecule has 0 spiro atoms. The quantitative estimate of drug-likeness (QED) is 0.600. The van der Waals surface area contributed by atoms with Crippen molar-refractivity contribution in [3.8, 4) is 0 Å². The van der Waals surface area contributed by atoms with Gasteiger partial charge in [-0.2, -0.15) is 4.31 Å². The Labute approximate surface area is 173 Å². The molecule has 0 aliphatic carbocycles. The van der Waals surface area contributed by atoms with Gasteiger partial charge in [-0.3, -0.25) is 4.79 Å². The number of carbonyl (C=O) groups is 1. The van der Waals surface area contributed by atoms with Gasteiger partial charge in [-0.15, -0.1) is 0 Å². The molecule has 0 aromatic heterocycles. The molecule has 2 N–H and O–H groups in total. The van der Waals surface area contributed by atoms with Crippen LogP contribution in [-0.2, 0) is 27.8 Å². The molecule has 6 nitrogen and oxygen atoms in total. The lowest BCUT2D eigenvalue weighted by molar-refractivity contribution is -0.114. The lowest BCUT2D eigenvalue weighted by Crippen LogP contribution is -2.37. The summed E-state index contributed by atoms with van der Waals surface area (Å²) in [5.74, 6) is -0.0126. The van der Waals surface area contributed by atoms with Crippen molar-refractivity contribution in [2.24, 2.45) is 0 Å². The number of hydrogen-bond donors (Lipinski definition) is 2. The summed E-state index contributed by atoms with van der Waals surface area (Å²) < 4.78 is 26.8. The van der Waals surface area contributed by atoms with Gasteiger partial charge in [0.1, 0.15) is 0 Å². The van der Waals surface area contributed by atoms with Crippen LogP contribution in [0.1, 0.15) is 18.1 Å². The predicted molar refractivity (Wildman–Crippen MR) is 116 cm³/mol. The molecule has 1 aliphatic heterocycles. The van der Waals surface area contributed by atoms with E-state index in [2.05, 4.69) is 33.2 Å². The average molecular weight is 499 g/mol. The first-order valence-corrected chi connectivity index (χ1v) is 11.5. The van der Waals surface area contributed by atoms with E-state index >= 15 is 0 Å². The summed E-state index contributed by atoms with van der Waals surface area (Å²) in [5, 5.41) is 6.10. The number of halogens is 1. The van der Waals surface area contributed by atoms with Crippen molar-refractivity contribution in [3.05, 3.63) is 57.2 Å². The molecule has 0 saturated carbocycles. The van der Waals surface area contributed by atoms with Gasteiger partial charge in [0.25, 0.3) is 0 Å². The molecule has 27 heavy (non-hydrogen) atoms. The smallest absolute Gasteiger partial charge is 0.243 e. The van der Waals surface area contributed by atoms with Gasteiger partial charge in [0.05, 0.1) is 18.0 Å². The molecule has 2 aromatic rings. The zero-order chi connectivity index (χ0) is 19.4. The highest BCUT2D eigenvalue weighted by Gasteiger charge is 2.26. The SMILES string of the molecule is CCS(=O)(=O)N1CCc2c(cccc2NCC(=O)Nc2ccccc2I)C1. The Morgan fingerprint density at radius 2 is 1.89 bits per heavy atom. The molecule has 8 heteroatoms. The van der Waals surface area contributed by atoms with Gasteiger partial charge in [0.15, 0.2) is 0 Å². The summed E-state index contributed by atoms with van der Waals surface area (Å²) in [6.07, 6.45) is 0.635. The molecule has 1 heterocycles. The van der Waals surface area contributed by atoms with Gasteiger partial charge in [0, 0.05) is 22.3 Å². The molecule has 1 aliphatic rings. The van der Waals surface area contributed by atoms with Crippen molar-refractivity contribution in [1.29, 1.82) is 0 Å². The van der Waals surface area contributed by atoms with Crippen LogP contribution in [-0.4, -0.2) is 37.5 Å². The van der Waals surface area contributed by atoms with Crippen molar-refractivity contribution in [2.75, 3.05) is 29.5 Å². The maximum Gasteiger partial charge on any atom is 0.243 e. The minimum absolute atomic E-state index is 0.110. The highest BCUT2D eigenvalue weighted by atomic mass is 127. The number of carbonyl (C=O) groups excluding carboxylic acids is 1. The first-order valence-electron chi connectivity index (χ1n) is 8.77. The third-order valence-electron chi connectivity index (χ3n) is 4.58. The molecular formula is C19H22IN3O3S. The Balaban J connectivity index is 1.66. The van der Waals surface area contributed by atoms with E-state index in [1.165, 1.54) is 4.31 Å². The lowest BCUT2D eigenvalue weighted by atomic mass is 9.99. The van der Waals surface area contributed by atoms with Crippen LogP contribution in [0.2, 0.25) is 0 Å². The van der Waals surface area contributed by atoms with Gasteiger partial charge in [-0.25, -0.2) is 8.42 Å².